The lowest BCUT2D eigenvalue weighted by molar-refractivity contribution is -0.155. The van der Waals surface area contributed by atoms with Gasteiger partial charge in [0, 0.05) is 98.0 Å². The Labute approximate surface area is 380 Å². The van der Waals surface area contributed by atoms with Gasteiger partial charge in [0.1, 0.15) is 28.0 Å². The Balaban J connectivity index is 1.26. The third kappa shape index (κ3) is 9.99. The first-order valence-corrected chi connectivity index (χ1v) is 25.0. The quantitative estimate of drug-likeness (QED) is 0.198. The van der Waals surface area contributed by atoms with Gasteiger partial charge in [0.15, 0.2) is 0 Å². The van der Waals surface area contributed by atoms with Gasteiger partial charge in [-0.05, 0) is 68.9 Å². The molecule has 6 bridgehead atoms. The average molecular weight is 919 g/mol. The van der Waals surface area contributed by atoms with Crippen molar-refractivity contribution in [1.82, 2.24) is 40.1 Å². The molecule has 6 heterocycles. The van der Waals surface area contributed by atoms with Crippen molar-refractivity contribution in [2.75, 3.05) is 52.4 Å². The Morgan fingerprint density at radius 3 is 2.59 bits per heavy atom. The van der Waals surface area contributed by atoms with Crippen molar-refractivity contribution < 1.29 is 37.1 Å². The smallest absolute Gasteiger partial charge is 0.324 e. The maximum atomic E-state index is 14.6. The van der Waals surface area contributed by atoms with Crippen molar-refractivity contribution in [3.63, 3.8) is 0 Å². The van der Waals surface area contributed by atoms with E-state index in [1.807, 2.05) is 32.2 Å². The lowest BCUT2D eigenvalue weighted by Crippen LogP contribution is -2.63. The van der Waals surface area contributed by atoms with Gasteiger partial charge in [0.25, 0.3) is 5.91 Å². The summed E-state index contributed by atoms with van der Waals surface area (Å²) in [6.45, 7) is 13.6. The largest absolute Gasteiger partial charge is 0.464 e. The van der Waals surface area contributed by atoms with Gasteiger partial charge in [0.2, 0.25) is 5.91 Å². The molecule has 18 heteroatoms. The summed E-state index contributed by atoms with van der Waals surface area (Å²) in [4.78, 5) is 69.1. The Kier molecular flexibility index (Phi) is 13.9. The molecule has 0 radical (unpaired) electrons. The number of urea groups is 1. The van der Waals surface area contributed by atoms with Crippen LogP contribution in [-0.2, 0) is 53.1 Å². The first-order chi connectivity index (χ1) is 30.3. The topological polar surface area (TPSA) is 185 Å². The number of sulfone groups is 1. The van der Waals surface area contributed by atoms with Crippen LogP contribution in [0.15, 0.2) is 41.9 Å². The number of methoxy groups -OCH3 is 1. The molecule has 3 aliphatic rings. The second-order valence-corrected chi connectivity index (χ2v) is 21.8. The molecule has 16 nitrogen and oxygen atoms in total. The SMILES string of the molecule is CCn1c(-c2cccnc2[C@H](C)OC)c2c3cc(ccc31)-c1csc(n1)C[C@H](NC(=O)[C@H](C(C)C)N(C)C(=O)N1CC(CS(C)(=O)=O)C1)C(=O)N1CCC[C@H](N1)C(=O)OCC(C)(C)C2. The molecule has 4 amide bonds. The zero-order valence-corrected chi connectivity index (χ0v) is 40.0. The lowest BCUT2D eigenvalue weighted by atomic mass is 9.84. The number of aryl methyl sites for hydroxylation is 1. The van der Waals surface area contributed by atoms with Gasteiger partial charge >= 0.3 is 12.0 Å². The second kappa shape index (κ2) is 18.9. The first kappa shape index (κ1) is 47.1. The fourth-order valence-electron chi connectivity index (χ4n) is 9.35. The highest BCUT2D eigenvalue weighted by Gasteiger charge is 2.41. The number of pyridine rings is 1. The Morgan fingerprint density at radius 1 is 1.16 bits per heavy atom. The van der Waals surface area contributed by atoms with Gasteiger partial charge in [-0.1, -0.05) is 33.8 Å². The number of thiazole rings is 1. The molecule has 2 saturated heterocycles. The summed E-state index contributed by atoms with van der Waals surface area (Å²) >= 11 is 1.39. The summed E-state index contributed by atoms with van der Waals surface area (Å²) in [6.07, 6.45) is 4.31. The van der Waals surface area contributed by atoms with Crippen LogP contribution in [0.5, 0.6) is 0 Å². The molecule has 2 fully saturated rings. The zero-order valence-electron chi connectivity index (χ0n) is 38.3. The van der Waals surface area contributed by atoms with Crippen molar-refractivity contribution in [3.05, 3.63) is 58.2 Å². The summed E-state index contributed by atoms with van der Waals surface area (Å²) in [6, 6.07) is 7.12. The Bertz CT molecular complexity index is 2510. The number of esters is 1. The van der Waals surface area contributed by atoms with E-state index >= 15 is 0 Å². The molecular formula is C46H62N8O8S2. The van der Waals surface area contributed by atoms with Crippen molar-refractivity contribution in [2.45, 2.75) is 98.0 Å². The maximum Gasteiger partial charge on any atom is 0.324 e. The van der Waals surface area contributed by atoms with E-state index in [4.69, 9.17) is 19.4 Å². The summed E-state index contributed by atoms with van der Waals surface area (Å²) in [5.74, 6) is -1.94. The van der Waals surface area contributed by atoms with Gasteiger partial charge in [-0.3, -0.25) is 24.4 Å². The van der Waals surface area contributed by atoms with Gasteiger partial charge in [-0.25, -0.2) is 23.6 Å². The number of likely N-dealkylation sites (tertiary alicyclic amines) is 1. The number of hydrazine groups is 1. The Morgan fingerprint density at radius 2 is 1.91 bits per heavy atom. The van der Waals surface area contributed by atoms with E-state index in [-0.39, 0.29) is 49.8 Å². The van der Waals surface area contributed by atoms with Crippen LogP contribution in [0.1, 0.15) is 76.8 Å². The number of ether oxygens (including phenoxy) is 2. The number of hydrogen-bond acceptors (Lipinski definition) is 12. The molecule has 1 aromatic carbocycles. The monoisotopic (exact) mass is 918 g/mol. The van der Waals surface area contributed by atoms with Crippen LogP contribution in [0.4, 0.5) is 4.79 Å². The van der Waals surface area contributed by atoms with E-state index in [0.29, 0.717) is 37.4 Å². The van der Waals surface area contributed by atoms with E-state index in [2.05, 4.69) is 60.3 Å². The molecule has 7 rings (SSSR count). The minimum Gasteiger partial charge on any atom is -0.464 e. The normalized spacial score (nSPS) is 20.7. The number of carbonyl (C=O) groups is 4. The standard InChI is InChI=1S/C46H62N8O8S2/c1-10-53-37-16-15-30-19-32(37)33(41(53)31-13-11-17-47-39(31)28(4)61-8)21-46(5,6)26-62-44(57)34-14-12-18-54(50-34)43(56)35(20-38-48-36(30)24-63-38)49-42(55)40(27(2)3)51(7)45(58)52-22-29(23-52)25-64(9,59)60/h11,13,15-17,19,24,27-29,34-35,40,50H,10,12,14,18,20-23,25-26H2,1-9H3,(H,49,55)/t28-,34-,35-,40-/m0/s1. The van der Waals surface area contributed by atoms with Crippen molar-refractivity contribution in [2.24, 2.45) is 17.3 Å². The molecule has 2 N–H and O–H groups in total. The predicted octanol–water partition coefficient (Wildman–Crippen LogP) is 5.26. The fraction of sp³-hybridized carbons (Fsp3) is 0.565. The molecule has 346 valence electrons. The number of nitrogens with zero attached hydrogens (tertiary/aromatic N) is 6. The fourth-order valence-corrected chi connectivity index (χ4v) is 11.3. The number of rotatable bonds is 10. The van der Waals surface area contributed by atoms with Gasteiger partial charge in [-0.15, -0.1) is 11.3 Å². The van der Waals surface area contributed by atoms with Gasteiger partial charge in [0.05, 0.1) is 40.6 Å². The number of amides is 4. The van der Waals surface area contributed by atoms with Gasteiger partial charge < -0.3 is 29.2 Å². The number of cyclic esters (lactones) is 1. The number of benzene rings is 1. The number of aromatic nitrogens is 3. The molecule has 0 spiro atoms. The van der Waals surface area contributed by atoms with Crippen LogP contribution >= 0.6 is 11.3 Å². The summed E-state index contributed by atoms with van der Waals surface area (Å²) in [5.41, 5.74) is 9.17. The van der Waals surface area contributed by atoms with Crippen LogP contribution in [-0.4, -0.2) is 132 Å². The van der Waals surface area contributed by atoms with Crippen LogP contribution in [0, 0.1) is 17.3 Å². The summed E-state index contributed by atoms with van der Waals surface area (Å²) in [5, 5.41) is 8.00. The molecule has 0 saturated carbocycles. The molecule has 0 unspecified atom stereocenters. The zero-order chi connectivity index (χ0) is 46.2. The first-order valence-electron chi connectivity index (χ1n) is 22.1. The van der Waals surface area contributed by atoms with E-state index in [9.17, 15) is 27.6 Å². The van der Waals surface area contributed by atoms with Gasteiger partial charge in [-0.2, -0.15) is 0 Å². The third-order valence-corrected chi connectivity index (χ3v) is 14.5. The van der Waals surface area contributed by atoms with Crippen molar-refractivity contribution in [1.29, 1.82) is 0 Å². The highest BCUT2D eigenvalue weighted by Crippen LogP contribution is 2.42. The van der Waals surface area contributed by atoms with E-state index in [1.54, 1.807) is 20.4 Å². The molecular weight excluding hydrogens is 857 g/mol. The minimum atomic E-state index is -3.20. The number of hydrogen-bond donors (Lipinski definition) is 2. The number of nitrogens with one attached hydrogen (secondary N) is 2. The molecule has 0 aliphatic carbocycles. The highest BCUT2D eigenvalue weighted by atomic mass is 32.2. The Hall–Kier alpha value is -4.91. The van der Waals surface area contributed by atoms with Crippen LogP contribution in [0.3, 0.4) is 0 Å². The van der Waals surface area contributed by atoms with Crippen LogP contribution in [0.2, 0.25) is 0 Å². The third-order valence-electron chi connectivity index (χ3n) is 12.5. The summed E-state index contributed by atoms with van der Waals surface area (Å²) in [7, 11) is 0.0268. The molecule has 64 heavy (non-hydrogen) atoms. The average Bonchev–Trinajstić information content (AvgIpc) is 3.83. The van der Waals surface area contributed by atoms with Crippen molar-refractivity contribution in [3.8, 4) is 22.5 Å². The molecule has 4 atom stereocenters. The molecule has 4 aromatic rings. The predicted molar refractivity (Wildman–Crippen MR) is 246 cm³/mol. The minimum absolute atomic E-state index is 0.0114. The summed E-state index contributed by atoms with van der Waals surface area (Å²) < 4.78 is 37.9. The van der Waals surface area contributed by atoms with Crippen LogP contribution in [0.25, 0.3) is 33.4 Å². The lowest BCUT2D eigenvalue weighted by Gasteiger charge is -2.43. The van der Waals surface area contributed by atoms with Crippen LogP contribution < -0.4 is 10.7 Å². The van der Waals surface area contributed by atoms with Crippen molar-refractivity contribution >= 4 is 55.9 Å². The van der Waals surface area contributed by atoms with E-state index in [0.717, 1.165) is 44.7 Å². The second-order valence-electron chi connectivity index (χ2n) is 18.7. The number of fused-ring (bicyclic) bond motifs is 6. The molecule has 3 aromatic heterocycles. The van der Waals surface area contributed by atoms with E-state index < -0.39 is 57.2 Å². The number of carbonyl (C=O) groups excluding carboxylic acids is 4. The number of likely N-dealkylation sites (N-methyl/N-ethyl adjacent to an activating group) is 1. The van der Waals surface area contributed by atoms with E-state index in [1.165, 1.54) is 32.4 Å². The maximum absolute atomic E-state index is 14.6. The molecule has 3 aliphatic heterocycles. The highest BCUT2D eigenvalue weighted by molar-refractivity contribution is 7.90.